The zero-order chi connectivity index (χ0) is 5.86. The van der Waals surface area contributed by atoms with Gasteiger partial charge in [-0.3, -0.25) is 0 Å². The van der Waals surface area contributed by atoms with Crippen LogP contribution in [-0.4, -0.2) is 19.0 Å². The molecular formula is C5H10ClN. The fourth-order valence-corrected chi connectivity index (χ4v) is 0.551. The van der Waals surface area contributed by atoms with E-state index in [-0.39, 0.29) is 0 Å². The van der Waals surface area contributed by atoms with Gasteiger partial charge in [-0.1, -0.05) is 11.6 Å². The van der Waals surface area contributed by atoms with E-state index in [0.29, 0.717) is 0 Å². The lowest BCUT2D eigenvalue weighted by Crippen LogP contribution is -2.00. The molecule has 42 valence electrons. The lowest BCUT2D eigenvalue weighted by atomic mass is 10.6. The molecule has 2 heteroatoms. The summed E-state index contributed by atoms with van der Waals surface area (Å²) in [6.07, 6.45) is 1.85. The first kappa shape index (κ1) is 6.83. The maximum absolute atomic E-state index is 5.49. The SMILES string of the molecule is CC(Cl)=CN(C)C. The van der Waals surface area contributed by atoms with Gasteiger partial charge in [0, 0.05) is 25.3 Å². The molecule has 0 saturated heterocycles. The molecule has 0 aliphatic heterocycles. The van der Waals surface area contributed by atoms with Gasteiger partial charge < -0.3 is 4.90 Å². The zero-order valence-corrected chi connectivity index (χ0v) is 5.66. The molecule has 1 nitrogen and oxygen atoms in total. The Kier molecular flexibility index (Phi) is 2.84. The summed E-state index contributed by atoms with van der Waals surface area (Å²) in [5.41, 5.74) is 0. The lowest BCUT2D eigenvalue weighted by molar-refractivity contribution is 0.561. The standard InChI is InChI=1S/C5H10ClN/c1-5(6)4-7(2)3/h4H,1-3H3. The number of halogens is 1. The van der Waals surface area contributed by atoms with Gasteiger partial charge in [0.25, 0.3) is 0 Å². The van der Waals surface area contributed by atoms with Gasteiger partial charge in [0.05, 0.1) is 0 Å². The molecule has 0 amide bonds. The predicted molar refractivity (Wildman–Crippen MR) is 33.3 cm³/mol. The summed E-state index contributed by atoms with van der Waals surface area (Å²) in [4.78, 5) is 1.91. The molecule has 0 aromatic carbocycles. The Morgan fingerprint density at radius 1 is 1.57 bits per heavy atom. The first-order valence-corrected chi connectivity index (χ1v) is 2.51. The molecule has 0 spiro atoms. The maximum atomic E-state index is 5.49. The molecule has 0 atom stereocenters. The normalized spacial score (nSPS) is 11.7. The van der Waals surface area contributed by atoms with Crippen molar-refractivity contribution in [3.8, 4) is 0 Å². The number of hydrogen-bond donors (Lipinski definition) is 0. The summed E-state index contributed by atoms with van der Waals surface area (Å²) in [6, 6.07) is 0. The van der Waals surface area contributed by atoms with Crippen LogP contribution in [0.4, 0.5) is 0 Å². The smallest absolute Gasteiger partial charge is 0.0308 e. The average molecular weight is 120 g/mol. The van der Waals surface area contributed by atoms with Crippen LogP contribution in [0.2, 0.25) is 0 Å². The molecular weight excluding hydrogens is 110 g/mol. The minimum Gasteiger partial charge on any atom is -0.383 e. The number of hydrogen-bond acceptors (Lipinski definition) is 1. The highest BCUT2D eigenvalue weighted by atomic mass is 35.5. The van der Waals surface area contributed by atoms with E-state index in [9.17, 15) is 0 Å². The van der Waals surface area contributed by atoms with Crippen molar-refractivity contribution in [3.63, 3.8) is 0 Å². The first-order chi connectivity index (χ1) is 3.13. The molecule has 0 aliphatic carbocycles. The highest BCUT2D eigenvalue weighted by molar-refractivity contribution is 6.29. The van der Waals surface area contributed by atoms with Crippen LogP contribution in [0.3, 0.4) is 0 Å². The van der Waals surface area contributed by atoms with Gasteiger partial charge in [0.15, 0.2) is 0 Å². The third kappa shape index (κ3) is 5.83. The first-order valence-electron chi connectivity index (χ1n) is 2.13. The Morgan fingerprint density at radius 2 is 2.00 bits per heavy atom. The summed E-state index contributed by atoms with van der Waals surface area (Å²) >= 11 is 5.49. The molecule has 0 rings (SSSR count). The van der Waals surface area contributed by atoms with Crippen LogP contribution in [-0.2, 0) is 0 Å². The monoisotopic (exact) mass is 119 g/mol. The van der Waals surface area contributed by atoms with Crippen molar-refractivity contribution >= 4 is 11.6 Å². The van der Waals surface area contributed by atoms with Gasteiger partial charge in [-0.05, 0) is 6.92 Å². The summed E-state index contributed by atoms with van der Waals surface area (Å²) in [5, 5.41) is 0.810. The third-order valence-corrected chi connectivity index (χ3v) is 0.534. The van der Waals surface area contributed by atoms with Crippen LogP contribution in [0.1, 0.15) is 6.92 Å². The van der Waals surface area contributed by atoms with E-state index in [2.05, 4.69) is 0 Å². The summed E-state index contributed by atoms with van der Waals surface area (Å²) in [5.74, 6) is 0. The molecule has 0 aromatic heterocycles. The van der Waals surface area contributed by atoms with Crippen molar-refractivity contribution in [2.75, 3.05) is 14.1 Å². The average Bonchev–Trinajstić information content (AvgIpc) is 1.27. The second kappa shape index (κ2) is 2.92. The minimum atomic E-state index is 0.810. The fourth-order valence-electron chi connectivity index (χ4n) is 0.356. The maximum Gasteiger partial charge on any atom is 0.0308 e. The van der Waals surface area contributed by atoms with Crippen LogP contribution in [0.15, 0.2) is 11.2 Å². The molecule has 0 bridgehead atoms. The highest BCUT2D eigenvalue weighted by Gasteiger charge is 1.77. The summed E-state index contributed by atoms with van der Waals surface area (Å²) in [7, 11) is 3.87. The van der Waals surface area contributed by atoms with Crippen molar-refractivity contribution < 1.29 is 0 Å². The van der Waals surface area contributed by atoms with Crippen molar-refractivity contribution in [3.05, 3.63) is 11.2 Å². The summed E-state index contributed by atoms with van der Waals surface area (Å²) in [6.45, 7) is 1.85. The van der Waals surface area contributed by atoms with Crippen LogP contribution in [0, 0.1) is 0 Å². The molecule has 0 unspecified atom stereocenters. The Balaban J connectivity index is 3.45. The second-order valence-corrected chi connectivity index (χ2v) is 2.28. The van der Waals surface area contributed by atoms with Crippen LogP contribution in [0.25, 0.3) is 0 Å². The van der Waals surface area contributed by atoms with Crippen LogP contribution in [0.5, 0.6) is 0 Å². The Hall–Kier alpha value is -0.170. The molecule has 0 radical (unpaired) electrons. The van der Waals surface area contributed by atoms with E-state index in [0.717, 1.165) is 5.03 Å². The second-order valence-electron chi connectivity index (χ2n) is 1.68. The van der Waals surface area contributed by atoms with Gasteiger partial charge >= 0.3 is 0 Å². The summed E-state index contributed by atoms with van der Waals surface area (Å²) < 4.78 is 0. The Bertz CT molecular complexity index is 72.1. The van der Waals surface area contributed by atoms with Crippen LogP contribution < -0.4 is 0 Å². The van der Waals surface area contributed by atoms with E-state index in [1.54, 1.807) is 0 Å². The van der Waals surface area contributed by atoms with Crippen molar-refractivity contribution in [2.24, 2.45) is 0 Å². The largest absolute Gasteiger partial charge is 0.383 e. The van der Waals surface area contributed by atoms with Gasteiger partial charge in [0.1, 0.15) is 0 Å². The van der Waals surface area contributed by atoms with E-state index in [4.69, 9.17) is 11.6 Å². The highest BCUT2D eigenvalue weighted by Crippen LogP contribution is 1.96. The Morgan fingerprint density at radius 3 is 2.00 bits per heavy atom. The van der Waals surface area contributed by atoms with Gasteiger partial charge in [0.2, 0.25) is 0 Å². The Labute approximate surface area is 49.6 Å². The molecule has 7 heavy (non-hydrogen) atoms. The molecule has 0 aromatic rings. The number of nitrogens with zero attached hydrogens (tertiary/aromatic N) is 1. The predicted octanol–water partition coefficient (Wildman–Crippen LogP) is 1.65. The lowest BCUT2D eigenvalue weighted by Gasteiger charge is -2.02. The van der Waals surface area contributed by atoms with E-state index < -0.39 is 0 Å². The van der Waals surface area contributed by atoms with Crippen molar-refractivity contribution in [2.45, 2.75) is 6.92 Å². The minimum absolute atomic E-state index is 0.810. The number of rotatable bonds is 1. The number of allylic oxidation sites excluding steroid dienone is 1. The van der Waals surface area contributed by atoms with Crippen molar-refractivity contribution in [1.29, 1.82) is 0 Å². The van der Waals surface area contributed by atoms with Gasteiger partial charge in [-0.2, -0.15) is 0 Å². The molecule has 0 fully saturated rings. The molecule has 0 N–H and O–H groups in total. The van der Waals surface area contributed by atoms with Crippen molar-refractivity contribution in [1.82, 2.24) is 4.90 Å². The van der Waals surface area contributed by atoms with E-state index >= 15 is 0 Å². The fraction of sp³-hybridized carbons (Fsp3) is 0.600. The van der Waals surface area contributed by atoms with Gasteiger partial charge in [-0.25, -0.2) is 0 Å². The molecule has 0 heterocycles. The quantitative estimate of drug-likeness (QED) is 0.508. The van der Waals surface area contributed by atoms with Gasteiger partial charge in [-0.15, -0.1) is 0 Å². The zero-order valence-electron chi connectivity index (χ0n) is 4.90. The third-order valence-electron chi connectivity index (χ3n) is 0.436. The van der Waals surface area contributed by atoms with E-state index in [1.807, 2.05) is 32.1 Å². The van der Waals surface area contributed by atoms with Crippen LogP contribution >= 0.6 is 11.6 Å². The van der Waals surface area contributed by atoms with E-state index in [1.165, 1.54) is 0 Å². The topological polar surface area (TPSA) is 3.24 Å². The molecule has 0 saturated carbocycles. The molecule has 0 aliphatic rings.